The predicted octanol–water partition coefficient (Wildman–Crippen LogP) is 2.10. The van der Waals surface area contributed by atoms with Crippen molar-refractivity contribution in [2.24, 2.45) is 17.6 Å². The number of halogens is 1. The molecule has 1 aliphatic carbocycles. The zero-order valence-electron chi connectivity index (χ0n) is 15.4. The van der Waals surface area contributed by atoms with Gasteiger partial charge >= 0.3 is 0 Å². The van der Waals surface area contributed by atoms with Gasteiger partial charge < -0.3 is 10.5 Å². The summed E-state index contributed by atoms with van der Waals surface area (Å²) in [7, 11) is 1.80. The number of rotatable bonds is 5. The van der Waals surface area contributed by atoms with Crippen LogP contribution in [0, 0.1) is 11.8 Å². The Morgan fingerprint density at radius 3 is 2.70 bits per heavy atom. The zero-order chi connectivity index (χ0) is 18.1. The monoisotopic (exact) mass is 391 g/mol. The number of hydrogen-bond donors (Lipinski definition) is 2. The average molecular weight is 392 g/mol. The molecule has 2 aromatic rings. The lowest BCUT2D eigenvalue weighted by Crippen LogP contribution is -2.58. The highest BCUT2D eigenvalue weighted by atomic mass is 35.5. The topological polar surface area (TPSA) is 97.1 Å². The Hall–Kier alpha value is -1.96. The molecule has 1 amide bonds. The maximum Gasteiger partial charge on any atom is 0.248 e. The van der Waals surface area contributed by atoms with Crippen LogP contribution in [0.25, 0.3) is 0 Å². The number of primary amides is 1. The van der Waals surface area contributed by atoms with Crippen LogP contribution in [0.15, 0.2) is 30.5 Å². The summed E-state index contributed by atoms with van der Waals surface area (Å²) in [6.07, 6.45) is 5.22. The molecule has 3 N–H and O–H groups in total. The third-order valence-corrected chi connectivity index (χ3v) is 6.06. The van der Waals surface area contributed by atoms with Crippen molar-refractivity contribution < 1.29 is 9.53 Å². The van der Waals surface area contributed by atoms with Gasteiger partial charge in [0.1, 0.15) is 5.60 Å². The van der Waals surface area contributed by atoms with E-state index in [9.17, 15) is 4.79 Å². The van der Waals surface area contributed by atoms with E-state index >= 15 is 0 Å². The molecule has 2 heterocycles. The summed E-state index contributed by atoms with van der Waals surface area (Å²) in [6, 6.07) is 7.68. The van der Waals surface area contributed by atoms with Crippen molar-refractivity contribution in [3.8, 4) is 0 Å². The maximum absolute atomic E-state index is 11.7. The molecule has 1 saturated carbocycles. The third-order valence-electron chi connectivity index (χ3n) is 6.06. The molecule has 1 saturated heterocycles. The van der Waals surface area contributed by atoms with Gasteiger partial charge in [-0.1, -0.05) is 18.6 Å². The summed E-state index contributed by atoms with van der Waals surface area (Å²) in [5, 5.41) is 10.8. The number of methoxy groups -OCH3 is 1. The number of nitrogens with zero attached hydrogens (tertiary/aromatic N) is 3. The number of nitrogens with one attached hydrogen (secondary N) is 1. The van der Waals surface area contributed by atoms with Crippen LogP contribution in [0.2, 0.25) is 0 Å². The number of hydrogen-bond acceptors (Lipinski definition) is 5. The largest absolute Gasteiger partial charge is 0.373 e. The maximum atomic E-state index is 11.7. The van der Waals surface area contributed by atoms with Crippen molar-refractivity contribution >= 4 is 18.3 Å². The van der Waals surface area contributed by atoms with Crippen LogP contribution >= 0.6 is 12.4 Å². The van der Waals surface area contributed by atoms with E-state index in [0.29, 0.717) is 17.4 Å². The number of benzene rings is 1. The number of amides is 1. The van der Waals surface area contributed by atoms with E-state index in [-0.39, 0.29) is 18.0 Å². The minimum Gasteiger partial charge on any atom is -0.373 e. The Morgan fingerprint density at radius 1 is 1.37 bits per heavy atom. The van der Waals surface area contributed by atoms with Gasteiger partial charge in [0.25, 0.3) is 0 Å². The number of ether oxygens (including phenoxy) is 1. The summed E-state index contributed by atoms with van der Waals surface area (Å²) in [5.41, 5.74) is 7.73. The molecule has 0 spiro atoms. The number of piperidine rings is 1. The van der Waals surface area contributed by atoms with Gasteiger partial charge in [0.05, 0.1) is 11.9 Å². The van der Waals surface area contributed by atoms with Crippen LogP contribution in [0.1, 0.15) is 40.9 Å². The molecule has 2 fully saturated rings. The highest BCUT2D eigenvalue weighted by Gasteiger charge is 2.53. The Bertz CT molecular complexity index is 768. The quantitative estimate of drug-likeness (QED) is 0.813. The Labute approximate surface area is 165 Å². The van der Waals surface area contributed by atoms with Crippen LogP contribution in [0.5, 0.6) is 0 Å². The van der Waals surface area contributed by atoms with E-state index in [4.69, 9.17) is 10.5 Å². The summed E-state index contributed by atoms with van der Waals surface area (Å²) >= 11 is 0. The second-order valence-corrected chi connectivity index (χ2v) is 7.42. The molecular weight excluding hydrogens is 366 g/mol. The van der Waals surface area contributed by atoms with Crippen LogP contribution in [-0.4, -0.2) is 46.4 Å². The molecule has 1 aromatic carbocycles. The number of aromatic amines is 1. The van der Waals surface area contributed by atoms with Crippen molar-refractivity contribution in [1.82, 2.24) is 20.3 Å². The standard InChI is InChI=1S/C19H25N5O2.ClH/c1-26-19(14-5-2-4-13(8-14)18(20)25)15-6-3-7-16(19)11-24(10-15)12-17-9-21-23-22-17;/h2,4-5,8-9,15-16H,3,6-7,10-12H2,1H3,(H2,20,25)(H,21,22,23);1H. The van der Waals surface area contributed by atoms with Gasteiger partial charge in [-0.05, 0) is 30.5 Å². The summed E-state index contributed by atoms with van der Waals surface area (Å²) in [6.45, 7) is 2.68. The lowest BCUT2D eigenvalue weighted by atomic mass is 9.62. The van der Waals surface area contributed by atoms with Crippen molar-refractivity contribution in [3.63, 3.8) is 0 Å². The third kappa shape index (κ3) is 3.47. The highest BCUT2D eigenvalue weighted by Crippen LogP contribution is 2.51. The smallest absolute Gasteiger partial charge is 0.248 e. The molecule has 2 bridgehead atoms. The Morgan fingerprint density at radius 2 is 2.11 bits per heavy atom. The SMILES string of the molecule is COC1(c2cccc(C(N)=O)c2)C2CCCC1CN(Cc1cn[nH]n1)C2.Cl. The van der Waals surface area contributed by atoms with Gasteiger partial charge in [0, 0.05) is 44.1 Å². The first-order chi connectivity index (χ1) is 12.6. The number of fused-ring (bicyclic) bond motifs is 2. The number of aromatic nitrogens is 3. The fourth-order valence-electron chi connectivity index (χ4n) is 5.02. The number of likely N-dealkylation sites (tertiary alicyclic amines) is 1. The number of nitrogens with two attached hydrogens (primary N) is 1. The summed E-state index contributed by atoms with van der Waals surface area (Å²) < 4.78 is 6.24. The van der Waals surface area contributed by atoms with Gasteiger partial charge in [-0.15, -0.1) is 12.4 Å². The van der Waals surface area contributed by atoms with Crippen LogP contribution in [0.4, 0.5) is 0 Å². The lowest BCUT2D eigenvalue weighted by molar-refractivity contribution is -0.170. The van der Waals surface area contributed by atoms with E-state index in [1.807, 2.05) is 12.1 Å². The van der Waals surface area contributed by atoms with Crippen molar-refractivity contribution in [3.05, 3.63) is 47.3 Å². The molecule has 2 aliphatic rings. The van der Waals surface area contributed by atoms with Gasteiger partial charge in [-0.2, -0.15) is 15.4 Å². The molecule has 0 radical (unpaired) electrons. The van der Waals surface area contributed by atoms with Gasteiger partial charge in [-0.3, -0.25) is 9.69 Å². The molecule has 2 atom stereocenters. The number of carbonyl (C=O) groups is 1. The Kier molecular flexibility index (Phi) is 5.83. The van der Waals surface area contributed by atoms with Crippen LogP contribution in [-0.2, 0) is 16.9 Å². The van der Waals surface area contributed by atoms with E-state index < -0.39 is 5.91 Å². The molecule has 1 aromatic heterocycles. The number of H-pyrrole nitrogens is 1. The molecule has 8 heteroatoms. The van der Waals surface area contributed by atoms with Crippen molar-refractivity contribution in [2.45, 2.75) is 31.4 Å². The van der Waals surface area contributed by atoms with E-state index in [1.165, 1.54) is 6.42 Å². The Balaban J connectivity index is 0.00000210. The average Bonchev–Trinajstić information content (AvgIpc) is 3.14. The molecule has 1 aliphatic heterocycles. The van der Waals surface area contributed by atoms with Crippen LogP contribution in [0.3, 0.4) is 0 Å². The second-order valence-electron chi connectivity index (χ2n) is 7.42. The minimum atomic E-state index is -0.397. The fraction of sp³-hybridized carbons (Fsp3) is 0.526. The second kappa shape index (κ2) is 7.96. The molecule has 27 heavy (non-hydrogen) atoms. The normalized spacial score (nSPS) is 27.7. The molecule has 146 valence electrons. The van der Waals surface area contributed by atoms with E-state index in [2.05, 4.69) is 26.4 Å². The molecule has 7 nitrogen and oxygen atoms in total. The van der Waals surface area contributed by atoms with Gasteiger partial charge in [0.2, 0.25) is 5.91 Å². The first-order valence-electron chi connectivity index (χ1n) is 9.16. The van der Waals surface area contributed by atoms with Crippen molar-refractivity contribution in [1.29, 1.82) is 0 Å². The summed E-state index contributed by atoms with van der Waals surface area (Å²) in [4.78, 5) is 14.1. The first-order valence-corrected chi connectivity index (χ1v) is 9.16. The molecular formula is C19H26ClN5O2. The van der Waals surface area contributed by atoms with Crippen molar-refractivity contribution in [2.75, 3.05) is 20.2 Å². The minimum absolute atomic E-state index is 0. The lowest BCUT2D eigenvalue weighted by Gasteiger charge is -2.55. The van der Waals surface area contributed by atoms with Crippen LogP contribution < -0.4 is 5.73 Å². The zero-order valence-corrected chi connectivity index (χ0v) is 16.2. The van der Waals surface area contributed by atoms with E-state index in [0.717, 1.165) is 43.7 Å². The number of carbonyl (C=O) groups excluding carboxylic acids is 1. The van der Waals surface area contributed by atoms with Gasteiger partial charge in [0.15, 0.2) is 0 Å². The molecule has 2 unspecified atom stereocenters. The van der Waals surface area contributed by atoms with E-state index in [1.54, 1.807) is 19.4 Å². The highest BCUT2D eigenvalue weighted by molar-refractivity contribution is 5.92. The summed E-state index contributed by atoms with van der Waals surface area (Å²) in [5.74, 6) is 0.344. The first kappa shape index (κ1) is 19.8. The predicted molar refractivity (Wildman–Crippen MR) is 103 cm³/mol. The fourth-order valence-corrected chi connectivity index (χ4v) is 5.02. The molecule has 4 rings (SSSR count). The van der Waals surface area contributed by atoms with Gasteiger partial charge in [-0.25, -0.2) is 0 Å².